The highest BCUT2D eigenvalue weighted by Gasteiger charge is 2.31. The first-order valence-corrected chi connectivity index (χ1v) is 16.3. The van der Waals surface area contributed by atoms with Crippen LogP contribution in [0.2, 0.25) is 10.0 Å². The van der Waals surface area contributed by atoms with Crippen LogP contribution in [0, 0.1) is 0 Å². The van der Waals surface area contributed by atoms with Crippen molar-refractivity contribution < 1.29 is 31.4 Å². The van der Waals surface area contributed by atoms with Crippen LogP contribution in [0.5, 0.6) is 5.75 Å². The van der Waals surface area contributed by atoms with Gasteiger partial charge in [-0.2, -0.15) is 8.42 Å². The summed E-state index contributed by atoms with van der Waals surface area (Å²) in [6.07, 6.45) is -0.608. The molecule has 6 rings (SSSR count). The minimum Gasteiger partial charge on any atom is -0.493 e. The van der Waals surface area contributed by atoms with Gasteiger partial charge in [-0.1, -0.05) is 71.7 Å². The lowest BCUT2D eigenvalue weighted by molar-refractivity contribution is -0.274. The molecule has 0 bridgehead atoms. The summed E-state index contributed by atoms with van der Waals surface area (Å²) >= 11 is 12.6. The minimum atomic E-state index is -4.77. The summed E-state index contributed by atoms with van der Waals surface area (Å²) in [5.41, 5.74) is 4.94. The number of nitrogens with one attached hydrogen (secondary N) is 1. The molecule has 5 aromatic rings. The van der Waals surface area contributed by atoms with Gasteiger partial charge < -0.3 is 14.4 Å². The Morgan fingerprint density at radius 1 is 0.872 bits per heavy atom. The van der Waals surface area contributed by atoms with E-state index in [2.05, 4.69) is 4.74 Å². The number of rotatable bonds is 9. The van der Waals surface area contributed by atoms with Crippen LogP contribution in [-0.4, -0.2) is 29.4 Å². The van der Waals surface area contributed by atoms with E-state index in [1.807, 2.05) is 39.8 Å². The fourth-order valence-corrected chi connectivity index (χ4v) is 6.72. The van der Waals surface area contributed by atoms with Gasteiger partial charge in [0.1, 0.15) is 11.6 Å². The smallest absolute Gasteiger partial charge is 0.493 e. The molecule has 47 heavy (non-hydrogen) atoms. The van der Waals surface area contributed by atoms with Crippen LogP contribution in [0.15, 0.2) is 109 Å². The summed E-state index contributed by atoms with van der Waals surface area (Å²) < 4.78 is 71.5. The Hall–Kier alpha value is -4.65. The molecule has 0 unspecified atom stereocenters. The van der Waals surface area contributed by atoms with Gasteiger partial charge in [-0.05, 0) is 71.1 Å². The molecule has 8 nitrogen and oxygen atoms in total. The molecule has 0 saturated heterocycles. The molecule has 2 heterocycles. The van der Waals surface area contributed by atoms with E-state index in [0.29, 0.717) is 51.9 Å². The average Bonchev–Trinajstić information content (AvgIpc) is 3.53. The molecule has 1 aliphatic heterocycles. The Morgan fingerprint density at radius 3 is 2.26 bits per heavy atom. The Balaban J connectivity index is 1.22. The highest BCUT2D eigenvalue weighted by molar-refractivity contribution is 7.91. The SMILES string of the molecule is O=S1(=O)NC(O)=CN1c1ccc(Cn2cc(-c3ccc(Cl)cc3Cl)nc2CCc2ccc(-c3cccc(OC(F)(F)F)c3)cc2)cc1. The van der Waals surface area contributed by atoms with Crippen LogP contribution >= 0.6 is 23.2 Å². The Bertz CT molecular complexity index is 2070. The quantitative estimate of drug-likeness (QED) is 0.161. The fourth-order valence-electron chi connectivity index (χ4n) is 5.16. The molecular formula is C33H25Cl2F3N4O4S. The van der Waals surface area contributed by atoms with E-state index in [1.54, 1.807) is 48.5 Å². The third kappa shape index (κ3) is 7.67. The predicted octanol–water partition coefficient (Wildman–Crippen LogP) is 8.27. The molecular weight excluding hydrogens is 676 g/mol. The van der Waals surface area contributed by atoms with Crippen molar-refractivity contribution in [2.45, 2.75) is 25.7 Å². The number of aryl methyl sites for hydroxylation is 2. The molecule has 4 aromatic carbocycles. The van der Waals surface area contributed by atoms with Crippen LogP contribution in [0.1, 0.15) is 17.0 Å². The molecule has 242 valence electrons. The first-order valence-electron chi connectivity index (χ1n) is 14.1. The van der Waals surface area contributed by atoms with Crippen molar-refractivity contribution in [1.82, 2.24) is 14.3 Å². The van der Waals surface area contributed by atoms with Crippen molar-refractivity contribution in [3.63, 3.8) is 0 Å². The molecule has 0 saturated carbocycles. The highest BCUT2D eigenvalue weighted by atomic mass is 35.5. The fraction of sp³-hybridized carbons (Fsp3) is 0.121. The molecule has 2 N–H and O–H groups in total. The standard InChI is InChI=1S/C33H25Cl2F3N4O4S/c34-25-11-14-28(29(35)17-25)30-19-41(18-22-6-12-26(13-7-22)42-20-32(43)40-47(42,44)45)31(39-30)15-8-21-4-9-23(10-5-21)24-2-1-3-27(16-24)46-33(36,37)38/h1-7,9-14,16-17,19-20,40,43H,8,15,18H2. The summed E-state index contributed by atoms with van der Waals surface area (Å²) in [7, 11) is -3.91. The van der Waals surface area contributed by atoms with Gasteiger partial charge in [0, 0.05) is 29.7 Å². The van der Waals surface area contributed by atoms with Gasteiger partial charge in [0.05, 0.1) is 22.6 Å². The van der Waals surface area contributed by atoms with E-state index >= 15 is 0 Å². The van der Waals surface area contributed by atoms with Crippen LogP contribution in [0.25, 0.3) is 22.4 Å². The number of nitrogens with zero attached hydrogens (tertiary/aromatic N) is 3. The molecule has 0 atom stereocenters. The lowest BCUT2D eigenvalue weighted by Crippen LogP contribution is -2.29. The number of alkyl halides is 3. The van der Waals surface area contributed by atoms with Crippen molar-refractivity contribution in [3.05, 3.63) is 136 Å². The van der Waals surface area contributed by atoms with E-state index in [9.17, 15) is 26.7 Å². The molecule has 0 spiro atoms. The van der Waals surface area contributed by atoms with E-state index in [1.165, 1.54) is 18.2 Å². The number of anilines is 1. The first kappa shape index (κ1) is 32.3. The number of benzene rings is 4. The van der Waals surface area contributed by atoms with Crippen molar-refractivity contribution in [1.29, 1.82) is 0 Å². The van der Waals surface area contributed by atoms with E-state index < -0.39 is 22.5 Å². The average molecular weight is 702 g/mol. The third-order valence-corrected chi connectivity index (χ3v) is 9.18. The maximum absolute atomic E-state index is 12.7. The topological polar surface area (TPSA) is 96.7 Å². The van der Waals surface area contributed by atoms with Crippen LogP contribution in [0.4, 0.5) is 18.9 Å². The number of hydrogen-bond donors (Lipinski definition) is 2. The number of aromatic nitrogens is 2. The minimum absolute atomic E-state index is 0.286. The second kappa shape index (κ2) is 12.9. The summed E-state index contributed by atoms with van der Waals surface area (Å²) in [5.74, 6) is 0.0200. The zero-order valence-corrected chi connectivity index (χ0v) is 26.6. The first-order chi connectivity index (χ1) is 22.3. The van der Waals surface area contributed by atoms with Crippen LogP contribution < -0.4 is 13.8 Å². The van der Waals surface area contributed by atoms with E-state index in [4.69, 9.17) is 28.2 Å². The molecule has 1 aromatic heterocycles. The monoisotopic (exact) mass is 700 g/mol. The van der Waals surface area contributed by atoms with Crippen molar-refractivity contribution in [3.8, 4) is 28.1 Å². The normalized spacial score (nSPS) is 14.1. The van der Waals surface area contributed by atoms with E-state index in [-0.39, 0.29) is 5.75 Å². The number of ether oxygens (including phenoxy) is 1. The van der Waals surface area contributed by atoms with Gasteiger partial charge in [0.15, 0.2) is 0 Å². The largest absolute Gasteiger partial charge is 0.573 e. The summed E-state index contributed by atoms with van der Waals surface area (Å²) in [6, 6.07) is 25.4. The molecule has 1 aliphatic rings. The molecule has 0 aliphatic carbocycles. The Kier molecular flexibility index (Phi) is 8.84. The van der Waals surface area contributed by atoms with Gasteiger partial charge in [-0.25, -0.2) is 14.0 Å². The second-order valence-electron chi connectivity index (χ2n) is 10.7. The van der Waals surface area contributed by atoms with Crippen molar-refractivity contribution in [2.75, 3.05) is 4.31 Å². The lowest BCUT2D eigenvalue weighted by Gasteiger charge is -2.14. The lowest BCUT2D eigenvalue weighted by atomic mass is 10.0. The Morgan fingerprint density at radius 2 is 1.60 bits per heavy atom. The summed E-state index contributed by atoms with van der Waals surface area (Å²) in [4.78, 5) is 4.89. The van der Waals surface area contributed by atoms with Gasteiger partial charge >= 0.3 is 16.6 Å². The molecule has 0 amide bonds. The maximum atomic E-state index is 12.7. The number of imidazole rings is 1. The van der Waals surface area contributed by atoms with Crippen molar-refractivity contribution >= 4 is 39.1 Å². The second-order valence-corrected chi connectivity index (χ2v) is 13.0. The van der Waals surface area contributed by atoms with Gasteiger partial charge in [0.25, 0.3) is 0 Å². The van der Waals surface area contributed by atoms with Crippen LogP contribution in [0.3, 0.4) is 0 Å². The Labute approximate surface area is 278 Å². The zero-order chi connectivity index (χ0) is 33.3. The molecule has 0 fully saturated rings. The van der Waals surface area contributed by atoms with Gasteiger partial charge in [-0.3, -0.25) is 0 Å². The maximum Gasteiger partial charge on any atom is 0.573 e. The van der Waals surface area contributed by atoms with Gasteiger partial charge in [-0.15, -0.1) is 13.2 Å². The van der Waals surface area contributed by atoms with Gasteiger partial charge in [0.2, 0.25) is 5.88 Å². The summed E-state index contributed by atoms with van der Waals surface area (Å²) in [6.45, 7) is 0.426. The number of aliphatic hydroxyl groups excluding tert-OH is 1. The zero-order valence-electron chi connectivity index (χ0n) is 24.2. The third-order valence-electron chi connectivity index (χ3n) is 7.33. The summed E-state index contributed by atoms with van der Waals surface area (Å²) in [5, 5.41) is 10.6. The van der Waals surface area contributed by atoms with Crippen molar-refractivity contribution in [2.24, 2.45) is 0 Å². The number of aliphatic hydroxyl groups is 1. The van der Waals surface area contributed by atoms with E-state index in [0.717, 1.165) is 33.0 Å². The van der Waals surface area contributed by atoms with Crippen LogP contribution in [-0.2, 0) is 29.6 Å². The molecule has 14 heteroatoms. The predicted molar refractivity (Wildman–Crippen MR) is 174 cm³/mol. The highest BCUT2D eigenvalue weighted by Crippen LogP contribution is 2.32. The number of halogens is 5. The number of hydrogen-bond acceptors (Lipinski definition) is 5. The molecule has 0 radical (unpaired) electrons.